The molecule has 6 nitrogen and oxygen atoms in total. The van der Waals surface area contributed by atoms with Crippen LogP contribution in [0.1, 0.15) is 19.8 Å². The van der Waals surface area contributed by atoms with Gasteiger partial charge < -0.3 is 18.9 Å². The average Bonchev–Trinajstić information content (AvgIpc) is 2.44. The first-order valence-electron chi connectivity index (χ1n) is 4.81. The van der Waals surface area contributed by atoms with E-state index in [-0.39, 0.29) is 6.10 Å². The second kappa shape index (κ2) is 6.10. The van der Waals surface area contributed by atoms with E-state index in [1.165, 1.54) is 0 Å². The van der Waals surface area contributed by atoms with Gasteiger partial charge in [-0.2, -0.15) is 0 Å². The Morgan fingerprint density at radius 2 is 1.60 bits per heavy atom. The molecule has 2 aliphatic heterocycles. The van der Waals surface area contributed by atoms with Gasteiger partial charge in [0.05, 0.1) is 13.2 Å². The molecule has 15 heavy (non-hydrogen) atoms. The molecule has 0 bridgehead atoms. The predicted molar refractivity (Wildman–Crippen MR) is 48.4 cm³/mol. The van der Waals surface area contributed by atoms with Gasteiger partial charge in [-0.25, -0.2) is 9.59 Å². The van der Waals surface area contributed by atoms with Gasteiger partial charge in [-0.1, -0.05) is 0 Å². The highest BCUT2D eigenvalue weighted by molar-refractivity contribution is 5.61. The summed E-state index contributed by atoms with van der Waals surface area (Å²) in [5, 5.41) is 0. The Hall–Kier alpha value is -1.46. The van der Waals surface area contributed by atoms with Crippen LogP contribution in [-0.4, -0.2) is 38.2 Å². The van der Waals surface area contributed by atoms with Gasteiger partial charge in [0.1, 0.15) is 12.7 Å². The van der Waals surface area contributed by atoms with Gasteiger partial charge >= 0.3 is 12.3 Å². The molecule has 2 heterocycles. The van der Waals surface area contributed by atoms with Gasteiger partial charge in [0.25, 0.3) is 0 Å². The minimum atomic E-state index is -0.549. The van der Waals surface area contributed by atoms with Crippen LogP contribution in [0.25, 0.3) is 0 Å². The minimum Gasteiger partial charge on any atom is -0.434 e. The van der Waals surface area contributed by atoms with Gasteiger partial charge in [-0.05, 0) is 19.8 Å². The van der Waals surface area contributed by atoms with E-state index in [4.69, 9.17) is 0 Å². The first kappa shape index (κ1) is 11.6. The van der Waals surface area contributed by atoms with Crippen molar-refractivity contribution in [1.82, 2.24) is 0 Å². The SMILES string of the molecule is CC1COC(=O)O1.O=C1OCCCCO1. The molecular weight excluding hydrogens is 204 g/mol. The molecule has 0 aromatic carbocycles. The van der Waals surface area contributed by atoms with E-state index in [1.807, 2.05) is 0 Å². The largest absolute Gasteiger partial charge is 0.508 e. The van der Waals surface area contributed by atoms with Gasteiger partial charge in [-0.3, -0.25) is 0 Å². The number of hydrogen-bond acceptors (Lipinski definition) is 6. The summed E-state index contributed by atoms with van der Waals surface area (Å²) in [5.74, 6) is 0. The van der Waals surface area contributed by atoms with Crippen molar-refractivity contribution in [3.63, 3.8) is 0 Å². The van der Waals surface area contributed by atoms with Crippen molar-refractivity contribution in [3.8, 4) is 0 Å². The Morgan fingerprint density at radius 3 is 1.93 bits per heavy atom. The molecule has 0 aromatic heterocycles. The molecule has 2 saturated heterocycles. The molecule has 2 rings (SSSR count). The Labute approximate surface area is 87.4 Å². The molecule has 1 atom stereocenters. The normalized spacial score (nSPS) is 24.7. The van der Waals surface area contributed by atoms with Gasteiger partial charge in [0.2, 0.25) is 0 Å². The summed E-state index contributed by atoms with van der Waals surface area (Å²) in [7, 11) is 0. The number of hydrogen-bond donors (Lipinski definition) is 0. The van der Waals surface area contributed by atoms with E-state index in [2.05, 4.69) is 18.9 Å². The fourth-order valence-electron chi connectivity index (χ4n) is 0.974. The van der Waals surface area contributed by atoms with Crippen molar-refractivity contribution >= 4 is 12.3 Å². The maximum absolute atomic E-state index is 10.2. The monoisotopic (exact) mass is 218 g/mol. The second-order valence-electron chi connectivity index (χ2n) is 3.14. The predicted octanol–water partition coefficient (Wildman–Crippen LogP) is 1.48. The van der Waals surface area contributed by atoms with Crippen molar-refractivity contribution in [2.45, 2.75) is 25.9 Å². The Balaban J connectivity index is 0.000000151. The number of ether oxygens (including phenoxy) is 4. The van der Waals surface area contributed by atoms with Crippen LogP contribution in [0.4, 0.5) is 9.59 Å². The summed E-state index contributed by atoms with van der Waals surface area (Å²) >= 11 is 0. The third-order valence-corrected chi connectivity index (χ3v) is 1.71. The van der Waals surface area contributed by atoms with E-state index in [9.17, 15) is 9.59 Å². The molecule has 0 saturated carbocycles. The highest BCUT2D eigenvalue weighted by Crippen LogP contribution is 2.03. The Morgan fingerprint density at radius 1 is 1.00 bits per heavy atom. The number of cyclic esters (lactones) is 4. The lowest BCUT2D eigenvalue weighted by Gasteiger charge is -1.94. The first-order chi connectivity index (χ1) is 7.18. The van der Waals surface area contributed by atoms with E-state index in [0.29, 0.717) is 19.8 Å². The van der Waals surface area contributed by atoms with Crippen LogP contribution < -0.4 is 0 Å². The molecule has 0 aliphatic carbocycles. The zero-order valence-corrected chi connectivity index (χ0v) is 8.56. The Bertz CT molecular complexity index is 217. The van der Waals surface area contributed by atoms with Crippen LogP contribution >= 0.6 is 0 Å². The highest BCUT2D eigenvalue weighted by Gasteiger charge is 2.19. The molecule has 0 amide bonds. The first-order valence-corrected chi connectivity index (χ1v) is 4.81. The van der Waals surface area contributed by atoms with Crippen LogP contribution in [0.5, 0.6) is 0 Å². The topological polar surface area (TPSA) is 71.1 Å². The molecule has 0 aromatic rings. The highest BCUT2D eigenvalue weighted by atomic mass is 16.8. The maximum Gasteiger partial charge on any atom is 0.508 e. The van der Waals surface area contributed by atoms with Crippen molar-refractivity contribution in [2.75, 3.05) is 19.8 Å². The van der Waals surface area contributed by atoms with Crippen LogP contribution in [0, 0.1) is 0 Å². The molecule has 0 radical (unpaired) electrons. The standard InChI is InChI=1S/C5H8O3.C4H6O3/c6-5-7-3-1-2-4-8-5;1-3-2-6-4(5)7-3/h1-4H2;3H,2H2,1H3. The molecule has 6 heteroatoms. The third kappa shape index (κ3) is 5.09. The van der Waals surface area contributed by atoms with E-state index in [1.54, 1.807) is 6.92 Å². The lowest BCUT2D eigenvalue weighted by molar-refractivity contribution is 0.0728. The molecule has 1 unspecified atom stereocenters. The fraction of sp³-hybridized carbons (Fsp3) is 0.778. The van der Waals surface area contributed by atoms with Crippen molar-refractivity contribution in [3.05, 3.63) is 0 Å². The summed E-state index contributed by atoms with van der Waals surface area (Å²) in [6.45, 7) is 3.21. The van der Waals surface area contributed by atoms with Gasteiger partial charge in [0.15, 0.2) is 0 Å². The molecular formula is C9H14O6. The van der Waals surface area contributed by atoms with Crippen LogP contribution in [0.2, 0.25) is 0 Å². The summed E-state index contributed by atoms with van der Waals surface area (Å²) in [4.78, 5) is 20.2. The van der Waals surface area contributed by atoms with E-state index >= 15 is 0 Å². The summed E-state index contributed by atoms with van der Waals surface area (Å²) in [5.41, 5.74) is 0. The lowest BCUT2D eigenvalue weighted by atomic mass is 10.3. The van der Waals surface area contributed by atoms with Crippen LogP contribution in [0.15, 0.2) is 0 Å². The van der Waals surface area contributed by atoms with E-state index in [0.717, 1.165) is 12.8 Å². The second-order valence-corrected chi connectivity index (χ2v) is 3.14. The maximum atomic E-state index is 10.2. The number of rotatable bonds is 0. The quantitative estimate of drug-likeness (QED) is 0.573. The van der Waals surface area contributed by atoms with Gasteiger partial charge in [0, 0.05) is 0 Å². The zero-order chi connectivity index (χ0) is 11.1. The molecule has 0 spiro atoms. The summed E-state index contributed by atoms with van der Waals surface area (Å²) < 4.78 is 18.0. The van der Waals surface area contributed by atoms with E-state index < -0.39 is 12.3 Å². The van der Waals surface area contributed by atoms with Crippen molar-refractivity contribution < 1.29 is 28.5 Å². The molecule has 86 valence electrons. The smallest absolute Gasteiger partial charge is 0.434 e. The minimum absolute atomic E-state index is 0.0486. The molecule has 2 fully saturated rings. The van der Waals surface area contributed by atoms with Crippen molar-refractivity contribution in [1.29, 1.82) is 0 Å². The third-order valence-electron chi connectivity index (χ3n) is 1.71. The molecule has 0 N–H and O–H groups in total. The summed E-state index contributed by atoms with van der Waals surface area (Å²) in [6.07, 6.45) is 0.722. The number of carbonyl (C=O) groups is 2. The lowest BCUT2D eigenvalue weighted by Crippen LogP contribution is -2.02. The van der Waals surface area contributed by atoms with Crippen molar-refractivity contribution in [2.24, 2.45) is 0 Å². The van der Waals surface area contributed by atoms with Crippen LogP contribution in [-0.2, 0) is 18.9 Å². The Kier molecular flexibility index (Phi) is 4.73. The fourth-order valence-corrected chi connectivity index (χ4v) is 0.974. The number of carbonyl (C=O) groups excluding carboxylic acids is 2. The zero-order valence-electron chi connectivity index (χ0n) is 8.56. The molecule has 2 aliphatic rings. The van der Waals surface area contributed by atoms with Crippen LogP contribution in [0.3, 0.4) is 0 Å². The average molecular weight is 218 g/mol. The summed E-state index contributed by atoms with van der Waals surface area (Å²) in [6, 6.07) is 0. The van der Waals surface area contributed by atoms with Gasteiger partial charge in [-0.15, -0.1) is 0 Å².